The van der Waals surface area contributed by atoms with Crippen LogP contribution in [0, 0.1) is 10.1 Å². The highest BCUT2D eigenvalue weighted by molar-refractivity contribution is 7.90. The number of nitrogen functional groups attached to an aromatic ring is 1. The third-order valence-electron chi connectivity index (χ3n) is 3.21. The molecule has 2 N–H and O–H groups in total. The third kappa shape index (κ3) is 4.84. The smallest absolute Gasteiger partial charge is 0.338 e. The minimum Gasteiger partial charge on any atom is -0.454 e. The zero-order valence-electron chi connectivity index (χ0n) is 14.6. The molecule has 12 nitrogen and oxygen atoms in total. The summed E-state index contributed by atoms with van der Waals surface area (Å²) in [5.74, 6) is -0.625. The van der Waals surface area contributed by atoms with Gasteiger partial charge in [0.1, 0.15) is 4.90 Å². The predicted molar refractivity (Wildman–Crippen MR) is 93.9 cm³/mol. The number of rotatable bonds is 6. The summed E-state index contributed by atoms with van der Waals surface area (Å²) in [6.07, 6.45) is 0.834. The largest absolute Gasteiger partial charge is 0.454 e. The van der Waals surface area contributed by atoms with Gasteiger partial charge < -0.3 is 15.4 Å². The number of carbonyl (C=O) groups excluding carboxylic acids is 1. The number of carbonyl (C=O) groups is 1. The van der Waals surface area contributed by atoms with Crippen LogP contribution in [0.5, 0.6) is 0 Å². The highest BCUT2D eigenvalue weighted by Crippen LogP contribution is 2.25. The molecule has 2 aromatic rings. The average Bonchev–Trinajstić information content (AvgIpc) is 2.57. The summed E-state index contributed by atoms with van der Waals surface area (Å²) < 4.78 is 28.2. The molecule has 0 aliphatic heterocycles. The third-order valence-corrected chi connectivity index (χ3v) is 4.35. The van der Waals surface area contributed by atoms with Crippen molar-refractivity contribution in [3.05, 3.63) is 39.7 Å². The standard InChI is InChI=1S/C14H16N6O6S/c1-19(2)14-17-11(16-13(15)18-14)7-26-12(21)8-4-5-10(27(3,24)25)9(6-8)20(22)23/h4-6H,7H2,1-3H3,(H2,15,16,17,18). The first-order chi connectivity index (χ1) is 12.5. The van der Waals surface area contributed by atoms with Gasteiger partial charge in [0.2, 0.25) is 11.9 Å². The number of nitro benzene ring substituents is 1. The van der Waals surface area contributed by atoms with E-state index in [0.29, 0.717) is 0 Å². The van der Waals surface area contributed by atoms with Crippen LogP contribution in [0.2, 0.25) is 0 Å². The molecule has 1 aromatic carbocycles. The molecule has 0 aliphatic rings. The summed E-state index contributed by atoms with van der Waals surface area (Å²) in [5, 5.41) is 11.1. The molecule has 0 saturated carbocycles. The number of nitrogens with zero attached hydrogens (tertiary/aromatic N) is 5. The fourth-order valence-electron chi connectivity index (χ4n) is 2.00. The minimum absolute atomic E-state index is 0.0621. The maximum atomic E-state index is 12.2. The lowest BCUT2D eigenvalue weighted by molar-refractivity contribution is -0.387. The Morgan fingerprint density at radius 1 is 1.30 bits per heavy atom. The molecular weight excluding hydrogens is 380 g/mol. The van der Waals surface area contributed by atoms with Crippen LogP contribution in [0.1, 0.15) is 16.2 Å². The fourth-order valence-corrected chi connectivity index (χ4v) is 2.83. The zero-order valence-corrected chi connectivity index (χ0v) is 15.4. The summed E-state index contributed by atoms with van der Waals surface area (Å²) in [6.45, 7) is -0.353. The number of esters is 1. The number of sulfone groups is 1. The number of hydrogen-bond acceptors (Lipinski definition) is 11. The van der Waals surface area contributed by atoms with E-state index in [1.54, 1.807) is 19.0 Å². The van der Waals surface area contributed by atoms with E-state index in [2.05, 4.69) is 15.0 Å². The Morgan fingerprint density at radius 3 is 2.52 bits per heavy atom. The van der Waals surface area contributed by atoms with Crippen molar-refractivity contribution in [2.75, 3.05) is 31.0 Å². The van der Waals surface area contributed by atoms with Crippen LogP contribution in [0.25, 0.3) is 0 Å². The normalized spacial score (nSPS) is 11.1. The molecule has 144 valence electrons. The Labute approximate surface area is 154 Å². The quantitative estimate of drug-likeness (QED) is 0.401. The molecule has 27 heavy (non-hydrogen) atoms. The van der Waals surface area contributed by atoms with E-state index in [1.807, 2.05) is 0 Å². The molecule has 13 heteroatoms. The van der Waals surface area contributed by atoms with Gasteiger partial charge in [-0.25, -0.2) is 13.2 Å². The van der Waals surface area contributed by atoms with Crippen LogP contribution in [-0.2, 0) is 21.2 Å². The fraction of sp³-hybridized carbons (Fsp3) is 0.286. The van der Waals surface area contributed by atoms with Crippen molar-refractivity contribution >= 4 is 33.4 Å². The van der Waals surface area contributed by atoms with Crippen LogP contribution >= 0.6 is 0 Å². The Balaban J connectivity index is 2.24. The molecule has 0 spiro atoms. The van der Waals surface area contributed by atoms with Gasteiger partial charge in [0.15, 0.2) is 22.3 Å². The molecule has 0 aliphatic carbocycles. The van der Waals surface area contributed by atoms with Crippen molar-refractivity contribution in [3.8, 4) is 0 Å². The SMILES string of the molecule is CN(C)c1nc(N)nc(COC(=O)c2ccc(S(C)(=O)=O)c([N+](=O)[O-])c2)n1. The predicted octanol–water partition coefficient (Wildman–Crippen LogP) is 0.189. The van der Waals surface area contributed by atoms with E-state index in [0.717, 1.165) is 24.5 Å². The van der Waals surface area contributed by atoms with Gasteiger partial charge in [0.05, 0.1) is 10.5 Å². The Morgan fingerprint density at radius 2 is 1.96 bits per heavy atom. The lowest BCUT2D eigenvalue weighted by Crippen LogP contribution is -2.17. The van der Waals surface area contributed by atoms with E-state index < -0.39 is 31.3 Å². The number of nitro groups is 1. The first-order valence-corrected chi connectivity index (χ1v) is 9.21. The lowest BCUT2D eigenvalue weighted by Gasteiger charge is -2.11. The van der Waals surface area contributed by atoms with Gasteiger partial charge >= 0.3 is 5.97 Å². The summed E-state index contributed by atoms with van der Waals surface area (Å²) >= 11 is 0. The molecule has 0 atom stereocenters. The molecule has 0 radical (unpaired) electrons. The minimum atomic E-state index is -3.83. The molecule has 2 rings (SSSR count). The maximum Gasteiger partial charge on any atom is 0.338 e. The topological polar surface area (TPSA) is 172 Å². The number of nitrogens with two attached hydrogens (primary N) is 1. The van der Waals surface area contributed by atoms with E-state index in [9.17, 15) is 23.3 Å². The molecule has 0 amide bonds. The second kappa shape index (κ2) is 7.49. The molecule has 1 heterocycles. The highest BCUT2D eigenvalue weighted by Gasteiger charge is 2.24. The van der Waals surface area contributed by atoms with Gasteiger partial charge in [-0.1, -0.05) is 0 Å². The maximum absolute atomic E-state index is 12.2. The number of benzene rings is 1. The van der Waals surface area contributed by atoms with Crippen molar-refractivity contribution < 1.29 is 22.9 Å². The number of hydrogen-bond donors (Lipinski definition) is 1. The van der Waals surface area contributed by atoms with Crippen molar-refractivity contribution in [1.82, 2.24) is 15.0 Å². The number of ether oxygens (including phenoxy) is 1. The van der Waals surface area contributed by atoms with Crippen LogP contribution < -0.4 is 10.6 Å². The molecule has 0 bridgehead atoms. The molecular formula is C14H16N6O6S. The van der Waals surface area contributed by atoms with E-state index in [-0.39, 0.29) is 29.9 Å². The summed E-state index contributed by atoms with van der Waals surface area (Å²) in [7, 11) is -0.458. The molecule has 0 fully saturated rings. The van der Waals surface area contributed by atoms with Crippen molar-refractivity contribution in [2.24, 2.45) is 0 Å². The van der Waals surface area contributed by atoms with Crippen LogP contribution in [0.3, 0.4) is 0 Å². The second-order valence-corrected chi connectivity index (χ2v) is 7.58. The molecule has 0 saturated heterocycles. The zero-order chi connectivity index (χ0) is 20.4. The van der Waals surface area contributed by atoms with Gasteiger partial charge in [-0.2, -0.15) is 15.0 Å². The van der Waals surface area contributed by atoms with Gasteiger partial charge in [-0.15, -0.1) is 0 Å². The van der Waals surface area contributed by atoms with Crippen molar-refractivity contribution in [2.45, 2.75) is 11.5 Å². The van der Waals surface area contributed by atoms with E-state index >= 15 is 0 Å². The van der Waals surface area contributed by atoms with E-state index in [1.165, 1.54) is 0 Å². The number of anilines is 2. The Hall–Kier alpha value is -3.35. The van der Waals surface area contributed by atoms with Gasteiger partial charge in [-0.05, 0) is 12.1 Å². The highest BCUT2D eigenvalue weighted by atomic mass is 32.2. The lowest BCUT2D eigenvalue weighted by atomic mass is 10.2. The van der Waals surface area contributed by atoms with Crippen molar-refractivity contribution in [1.29, 1.82) is 0 Å². The van der Waals surface area contributed by atoms with Gasteiger partial charge in [0.25, 0.3) is 5.69 Å². The first-order valence-electron chi connectivity index (χ1n) is 7.32. The number of aromatic nitrogens is 3. The molecule has 0 unspecified atom stereocenters. The first kappa shape index (κ1) is 20.0. The summed E-state index contributed by atoms with van der Waals surface area (Å²) in [5.41, 5.74) is 4.66. The summed E-state index contributed by atoms with van der Waals surface area (Å²) in [6, 6.07) is 2.94. The van der Waals surface area contributed by atoms with Gasteiger partial charge in [-0.3, -0.25) is 10.1 Å². The Kier molecular flexibility index (Phi) is 5.54. The van der Waals surface area contributed by atoms with Crippen LogP contribution in [0.4, 0.5) is 17.6 Å². The molecule has 1 aromatic heterocycles. The van der Waals surface area contributed by atoms with Crippen molar-refractivity contribution in [3.63, 3.8) is 0 Å². The summed E-state index contributed by atoms with van der Waals surface area (Å²) in [4.78, 5) is 35.2. The van der Waals surface area contributed by atoms with E-state index in [4.69, 9.17) is 10.5 Å². The van der Waals surface area contributed by atoms with Gasteiger partial charge in [0, 0.05) is 26.4 Å². The average molecular weight is 396 g/mol. The van der Waals surface area contributed by atoms with Crippen LogP contribution in [0.15, 0.2) is 23.1 Å². The second-order valence-electron chi connectivity index (χ2n) is 5.59. The van der Waals surface area contributed by atoms with Crippen LogP contribution in [-0.4, -0.2) is 54.6 Å². The monoisotopic (exact) mass is 396 g/mol. The Bertz CT molecular complexity index is 1010.